The summed E-state index contributed by atoms with van der Waals surface area (Å²) in [4.78, 5) is 13.0. The minimum atomic E-state index is -0.0102. The Balaban J connectivity index is 2.31. The largest absolute Gasteiger partial charge is 0.383 e. The van der Waals surface area contributed by atoms with Gasteiger partial charge in [-0.05, 0) is 18.9 Å². The Morgan fingerprint density at radius 1 is 1.27 bits per heavy atom. The summed E-state index contributed by atoms with van der Waals surface area (Å²) in [6.07, 6.45) is 4.72. The van der Waals surface area contributed by atoms with Crippen LogP contribution in [0.5, 0.6) is 0 Å². The lowest BCUT2D eigenvalue weighted by atomic mass is 9.90. The Hall–Kier alpha value is -1.13. The Morgan fingerprint density at radius 3 is 2.55 bits per heavy atom. The maximum atomic E-state index is 13.0. The van der Waals surface area contributed by atoms with Gasteiger partial charge in [-0.3, -0.25) is 4.79 Å². The van der Waals surface area contributed by atoms with E-state index >= 15 is 0 Å². The lowest BCUT2D eigenvalue weighted by molar-refractivity contribution is 0.199. The van der Waals surface area contributed by atoms with E-state index < -0.39 is 0 Å². The predicted molar refractivity (Wildman–Crippen MR) is 90.5 cm³/mol. The number of ether oxygens (including phenoxy) is 1. The Labute approximate surface area is 133 Å². The van der Waals surface area contributed by atoms with E-state index in [0.717, 1.165) is 30.6 Å². The molecule has 1 aromatic heterocycles. The highest BCUT2D eigenvalue weighted by Gasteiger charge is 2.26. The molecule has 1 N–H and O–H groups in total. The molecule has 1 saturated carbocycles. The van der Waals surface area contributed by atoms with E-state index in [4.69, 9.17) is 4.74 Å². The fraction of sp³-hybridized carbons (Fsp3) is 0.722. The van der Waals surface area contributed by atoms with E-state index in [1.165, 1.54) is 12.8 Å². The van der Waals surface area contributed by atoms with Crippen LogP contribution in [0.25, 0.3) is 0 Å². The number of pyridine rings is 1. The zero-order valence-electron chi connectivity index (χ0n) is 14.4. The van der Waals surface area contributed by atoms with Crippen molar-refractivity contribution in [1.82, 2.24) is 9.88 Å². The number of hydrogen-bond acceptors (Lipinski definition) is 3. The van der Waals surface area contributed by atoms with Gasteiger partial charge in [0, 0.05) is 42.9 Å². The van der Waals surface area contributed by atoms with Crippen molar-refractivity contribution in [2.24, 2.45) is 0 Å². The topological polar surface area (TPSA) is 43.3 Å². The maximum absolute atomic E-state index is 13.0. The molecule has 1 aromatic rings. The first-order chi connectivity index (χ1) is 10.4. The molecular formula is C18H30N2O2. The Kier molecular flexibility index (Phi) is 5.81. The van der Waals surface area contributed by atoms with Gasteiger partial charge in [-0.25, -0.2) is 0 Å². The van der Waals surface area contributed by atoms with Crippen LogP contribution in [0.15, 0.2) is 16.9 Å². The molecule has 2 rings (SSSR count). The van der Waals surface area contributed by atoms with Gasteiger partial charge in [0.2, 0.25) is 0 Å². The van der Waals surface area contributed by atoms with Gasteiger partial charge < -0.3 is 14.6 Å². The molecule has 0 radical (unpaired) electrons. The van der Waals surface area contributed by atoms with Crippen molar-refractivity contribution in [3.63, 3.8) is 0 Å². The van der Waals surface area contributed by atoms with Gasteiger partial charge in [0.05, 0.1) is 6.61 Å². The molecule has 1 fully saturated rings. The molecule has 22 heavy (non-hydrogen) atoms. The smallest absolute Gasteiger partial charge is 0.255 e. The van der Waals surface area contributed by atoms with Crippen LogP contribution >= 0.6 is 0 Å². The second-order valence-electron chi connectivity index (χ2n) is 7.28. The third kappa shape index (κ3) is 3.99. The summed E-state index contributed by atoms with van der Waals surface area (Å²) < 4.78 is 7.12. The van der Waals surface area contributed by atoms with E-state index in [2.05, 4.69) is 36.7 Å². The summed E-state index contributed by atoms with van der Waals surface area (Å²) in [6, 6.07) is 4.52. The maximum Gasteiger partial charge on any atom is 0.255 e. The quantitative estimate of drug-likeness (QED) is 0.822. The minimum Gasteiger partial charge on any atom is -0.383 e. The molecular weight excluding hydrogens is 276 g/mol. The summed E-state index contributed by atoms with van der Waals surface area (Å²) in [6.45, 7) is 8.59. The summed E-state index contributed by atoms with van der Waals surface area (Å²) in [7, 11) is 1.69. The number of nitrogens with zero attached hydrogens (tertiary/aromatic N) is 1. The van der Waals surface area contributed by atoms with E-state index in [1.807, 2.05) is 6.07 Å². The molecule has 0 amide bonds. The van der Waals surface area contributed by atoms with Gasteiger partial charge >= 0.3 is 0 Å². The molecule has 0 unspecified atom stereocenters. The van der Waals surface area contributed by atoms with Crippen molar-refractivity contribution < 1.29 is 4.74 Å². The van der Waals surface area contributed by atoms with Crippen LogP contribution < -0.4 is 10.9 Å². The highest BCUT2D eigenvalue weighted by molar-refractivity contribution is 5.22. The first-order valence-electron chi connectivity index (χ1n) is 8.39. The highest BCUT2D eigenvalue weighted by atomic mass is 16.5. The van der Waals surface area contributed by atoms with Crippen molar-refractivity contribution in [3.05, 3.63) is 33.7 Å². The average molecular weight is 306 g/mol. The number of methoxy groups -OCH3 is 1. The van der Waals surface area contributed by atoms with Crippen LogP contribution in [0.3, 0.4) is 0 Å². The average Bonchev–Trinajstić information content (AvgIpc) is 2.97. The predicted octanol–water partition coefficient (Wildman–Crippen LogP) is 3.00. The van der Waals surface area contributed by atoms with E-state index in [-0.39, 0.29) is 11.0 Å². The van der Waals surface area contributed by atoms with Crippen molar-refractivity contribution in [2.45, 2.75) is 64.5 Å². The zero-order valence-corrected chi connectivity index (χ0v) is 14.4. The summed E-state index contributed by atoms with van der Waals surface area (Å²) in [5.41, 5.74) is 2.19. The normalized spacial score (nSPS) is 16.4. The first kappa shape index (κ1) is 17.2. The van der Waals surface area contributed by atoms with Gasteiger partial charge in [0.1, 0.15) is 0 Å². The molecule has 0 saturated heterocycles. The number of rotatable bonds is 6. The van der Waals surface area contributed by atoms with Crippen LogP contribution in [0, 0.1) is 0 Å². The van der Waals surface area contributed by atoms with Crippen LogP contribution in [0.1, 0.15) is 63.8 Å². The second kappa shape index (κ2) is 7.42. The van der Waals surface area contributed by atoms with Crippen LogP contribution in [0.2, 0.25) is 0 Å². The van der Waals surface area contributed by atoms with E-state index in [9.17, 15) is 4.79 Å². The monoisotopic (exact) mass is 306 g/mol. The van der Waals surface area contributed by atoms with Gasteiger partial charge in [-0.2, -0.15) is 0 Å². The molecule has 0 bridgehead atoms. The SMILES string of the molecule is COCCNCc1ccc(C(C)(C)C)n(C2CCCC2)c1=O. The van der Waals surface area contributed by atoms with Crippen molar-refractivity contribution >= 4 is 0 Å². The second-order valence-corrected chi connectivity index (χ2v) is 7.28. The van der Waals surface area contributed by atoms with Gasteiger partial charge in [-0.1, -0.05) is 39.7 Å². The number of nitrogens with one attached hydrogen (secondary N) is 1. The van der Waals surface area contributed by atoms with Crippen LogP contribution in [-0.2, 0) is 16.7 Å². The molecule has 4 nitrogen and oxygen atoms in total. The lowest BCUT2D eigenvalue weighted by Crippen LogP contribution is -2.35. The molecule has 1 aliphatic rings. The fourth-order valence-electron chi connectivity index (χ4n) is 3.26. The van der Waals surface area contributed by atoms with Crippen molar-refractivity contribution in [1.29, 1.82) is 0 Å². The molecule has 1 aliphatic carbocycles. The number of aromatic nitrogens is 1. The van der Waals surface area contributed by atoms with Gasteiger partial charge in [-0.15, -0.1) is 0 Å². The minimum absolute atomic E-state index is 0.0102. The van der Waals surface area contributed by atoms with Crippen molar-refractivity contribution in [2.75, 3.05) is 20.3 Å². The molecule has 0 aliphatic heterocycles. The molecule has 1 heterocycles. The molecule has 124 valence electrons. The van der Waals surface area contributed by atoms with Gasteiger partial charge in [0.15, 0.2) is 0 Å². The Morgan fingerprint density at radius 2 is 1.95 bits per heavy atom. The molecule has 0 aromatic carbocycles. The molecule has 0 spiro atoms. The van der Waals surface area contributed by atoms with E-state index in [0.29, 0.717) is 19.2 Å². The van der Waals surface area contributed by atoms with Gasteiger partial charge in [0.25, 0.3) is 5.56 Å². The third-order valence-corrected chi connectivity index (χ3v) is 4.45. The fourth-order valence-corrected chi connectivity index (χ4v) is 3.26. The van der Waals surface area contributed by atoms with Crippen LogP contribution in [-0.4, -0.2) is 24.8 Å². The number of hydrogen-bond donors (Lipinski definition) is 1. The highest BCUT2D eigenvalue weighted by Crippen LogP contribution is 2.32. The Bertz CT molecular complexity index is 537. The summed E-state index contributed by atoms with van der Waals surface area (Å²) >= 11 is 0. The first-order valence-corrected chi connectivity index (χ1v) is 8.39. The third-order valence-electron chi connectivity index (χ3n) is 4.45. The molecule has 0 atom stereocenters. The van der Waals surface area contributed by atoms with Crippen molar-refractivity contribution in [3.8, 4) is 0 Å². The molecule has 4 heteroatoms. The summed E-state index contributed by atoms with van der Waals surface area (Å²) in [5.74, 6) is 0. The zero-order chi connectivity index (χ0) is 16.2. The van der Waals surface area contributed by atoms with Crippen LogP contribution in [0.4, 0.5) is 0 Å². The summed E-state index contributed by atoms with van der Waals surface area (Å²) in [5, 5.41) is 3.28. The lowest BCUT2D eigenvalue weighted by Gasteiger charge is -2.28. The standard InChI is InChI=1S/C18H30N2O2/c1-18(2,3)16-10-9-14(13-19-11-12-22-4)17(21)20(16)15-7-5-6-8-15/h9-10,15,19H,5-8,11-13H2,1-4H3. The van der Waals surface area contributed by atoms with E-state index in [1.54, 1.807) is 7.11 Å².